The first-order valence-electron chi connectivity index (χ1n) is 8.38. The second-order valence-electron chi connectivity index (χ2n) is 6.12. The maximum Gasteiger partial charge on any atom is 0.134 e. The van der Waals surface area contributed by atoms with Crippen LogP contribution in [-0.4, -0.2) is 46.5 Å². The summed E-state index contributed by atoms with van der Waals surface area (Å²) in [5.74, 6) is 2.62. The molecule has 1 fully saturated rings. The number of rotatable bonds is 7. The average molecular weight is 332 g/mol. The number of aliphatic hydroxyl groups is 2. The number of anilines is 2. The number of aliphatic hydroxyl groups excluding tert-OH is 2. The number of aromatic nitrogens is 2. The van der Waals surface area contributed by atoms with Crippen LogP contribution in [0.15, 0.2) is 35.2 Å². The van der Waals surface area contributed by atoms with E-state index >= 15 is 0 Å². The molecule has 7 heteroatoms. The van der Waals surface area contributed by atoms with E-state index in [1.54, 1.807) is 12.6 Å². The predicted molar refractivity (Wildman–Crippen MR) is 90.8 cm³/mol. The molecule has 0 aromatic carbocycles. The minimum atomic E-state index is -0.140. The van der Waals surface area contributed by atoms with Crippen LogP contribution in [-0.2, 0) is 0 Å². The summed E-state index contributed by atoms with van der Waals surface area (Å²) in [6.07, 6.45) is 5.80. The minimum absolute atomic E-state index is 0.0562. The van der Waals surface area contributed by atoms with E-state index in [2.05, 4.69) is 20.2 Å². The van der Waals surface area contributed by atoms with Gasteiger partial charge in [-0.15, -0.1) is 0 Å². The molecule has 0 bridgehead atoms. The molecular formula is C17H24N4O3. The van der Waals surface area contributed by atoms with Gasteiger partial charge in [-0.2, -0.15) is 0 Å². The van der Waals surface area contributed by atoms with Crippen LogP contribution in [0.4, 0.5) is 11.6 Å². The lowest BCUT2D eigenvalue weighted by molar-refractivity contribution is 0.208. The molecule has 1 aliphatic heterocycles. The maximum atomic E-state index is 9.39. The summed E-state index contributed by atoms with van der Waals surface area (Å²) in [5, 5.41) is 22.0. The van der Waals surface area contributed by atoms with E-state index in [1.807, 2.05) is 18.2 Å². The summed E-state index contributed by atoms with van der Waals surface area (Å²) in [6, 6.07) is 5.48. The van der Waals surface area contributed by atoms with E-state index in [0.29, 0.717) is 18.2 Å². The molecule has 2 atom stereocenters. The first kappa shape index (κ1) is 16.7. The molecule has 0 spiro atoms. The third-order valence-electron chi connectivity index (χ3n) is 4.38. The predicted octanol–water partition coefficient (Wildman–Crippen LogP) is 1.81. The maximum absolute atomic E-state index is 9.39. The van der Waals surface area contributed by atoms with Gasteiger partial charge in [-0.1, -0.05) is 0 Å². The summed E-state index contributed by atoms with van der Waals surface area (Å²) in [6.45, 7) is 2.01. The van der Waals surface area contributed by atoms with Gasteiger partial charge in [-0.3, -0.25) is 0 Å². The van der Waals surface area contributed by atoms with Crippen LogP contribution in [0.1, 0.15) is 31.1 Å². The van der Waals surface area contributed by atoms with Crippen molar-refractivity contribution < 1.29 is 14.6 Å². The van der Waals surface area contributed by atoms with Crippen molar-refractivity contribution in [2.24, 2.45) is 5.92 Å². The fraction of sp³-hybridized carbons (Fsp3) is 0.529. The summed E-state index contributed by atoms with van der Waals surface area (Å²) >= 11 is 0. The second kappa shape index (κ2) is 8.12. The van der Waals surface area contributed by atoms with Crippen LogP contribution in [0.3, 0.4) is 0 Å². The summed E-state index contributed by atoms with van der Waals surface area (Å²) in [4.78, 5) is 10.8. The Hall–Kier alpha value is -2.12. The number of nitrogens with zero attached hydrogens (tertiary/aromatic N) is 3. The van der Waals surface area contributed by atoms with E-state index in [1.165, 1.54) is 0 Å². The van der Waals surface area contributed by atoms with Crippen LogP contribution in [0.25, 0.3) is 0 Å². The SMILES string of the molecule is OCCC(Nc1cc(N2CCCC(CO)C2)ncn1)c1ccco1. The van der Waals surface area contributed by atoms with E-state index < -0.39 is 0 Å². The van der Waals surface area contributed by atoms with Gasteiger partial charge >= 0.3 is 0 Å². The van der Waals surface area contributed by atoms with E-state index in [9.17, 15) is 10.2 Å². The molecule has 2 unspecified atom stereocenters. The zero-order chi connectivity index (χ0) is 16.8. The molecule has 3 heterocycles. The van der Waals surface area contributed by atoms with E-state index in [4.69, 9.17) is 4.42 Å². The van der Waals surface area contributed by atoms with Gasteiger partial charge in [-0.05, 0) is 37.3 Å². The van der Waals surface area contributed by atoms with Crippen LogP contribution in [0, 0.1) is 5.92 Å². The van der Waals surface area contributed by atoms with Crippen molar-refractivity contribution in [2.75, 3.05) is 36.5 Å². The monoisotopic (exact) mass is 332 g/mol. The van der Waals surface area contributed by atoms with Gasteiger partial charge in [0.05, 0.1) is 12.3 Å². The molecule has 0 saturated carbocycles. The Morgan fingerprint density at radius 1 is 1.38 bits per heavy atom. The zero-order valence-electron chi connectivity index (χ0n) is 13.6. The van der Waals surface area contributed by atoms with Crippen molar-refractivity contribution in [2.45, 2.75) is 25.3 Å². The Balaban J connectivity index is 1.72. The fourth-order valence-electron chi connectivity index (χ4n) is 3.10. The van der Waals surface area contributed by atoms with E-state index in [0.717, 1.165) is 37.5 Å². The smallest absolute Gasteiger partial charge is 0.134 e. The molecule has 1 saturated heterocycles. The number of piperidine rings is 1. The van der Waals surface area contributed by atoms with Gasteiger partial charge in [0.2, 0.25) is 0 Å². The molecule has 2 aromatic rings. The van der Waals surface area contributed by atoms with Gasteiger partial charge < -0.3 is 24.8 Å². The number of nitrogens with one attached hydrogen (secondary N) is 1. The Bertz CT molecular complexity index is 620. The quantitative estimate of drug-likeness (QED) is 0.712. The molecule has 0 amide bonds. The molecule has 1 aliphatic rings. The van der Waals surface area contributed by atoms with Crippen LogP contribution in [0.5, 0.6) is 0 Å². The topological polar surface area (TPSA) is 94.7 Å². The molecule has 130 valence electrons. The lowest BCUT2D eigenvalue weighted by atomic mass is 9.99. The highest BCUT2D eigenvalue weighted by molar-refractivity contribution is 5.49. The largest absolute Gasteiger partial charge is 0.467 e. The number of furan rings is 1. The highest BCUT2D eigenvalue weighted by atomic mass is 16.3. The molecule has 0 radical (unpaired) electrons. The summed E-state index contributed by atoms with van der Waals surface area (Å²) < 4.78 is 5.44. The standard InChI is InChI=1S/C17H24N4O3/c22-7-5-14(15-4-2-8-24-15)20-16-9-17(19-12-18-16)21-6-1-3-13(10-21)11-23/h2,4,8-9,12-14,22-23H,1,3,5-7,10-11H2,(H,18,19,20). The average Bonchev–Trinajstić information content (AvgIpc) is 3.16. The minimum Gasteiger partial charge on any atom is -0.467 e. The van der Waals surface area contributed by atoms with Gasteiger partial charge in [0.15, 0.2) is 0 Å². The zero-order valence-corrected chi connectivity index (χ0v) is 13.6. The highest BCUT2D eigenvalue weighted by Gasteiger charge is 2.21. The normalized spacial score (nSPS) is 19.2. The van der Waals surface area contributed by atoms with Crippen molar-refractivity contribution in [3.63, 3.8) is 0 Å². The second-order valence-corrected chi connectivity index (χ2v) is 6.12. The van der Waals surface area contributed by atoms with Crippen molar-refractivity contribution in [3.8, 4) is 0 Å². The lowest BCUT2D eigenvalue weighted by Crippen LogP contribution is -2.37. The fourth-order valence-corrected chi connectivity index (χ4v) is 3.10. The van der Waals surface area contributed by atoms with Gasteiger partial charge in [0, 0.05) is 32.4 Å². The lowest BCUT2D eigenvalue weighted by Gasteiger charge is -2.32. The van der Waals surface area contributed by atoms with Gasteiger partial charge in [0.1, 0.15) is 23.7 Å². The molecule has 7 nitrogen and oxygen atoms in total. The Morgan fingerprint density at radius 3 is 3.04 bits per heavy atom. The Labute approximate surface area is 141 Å². The number of hydrogen-bond donors (Lipinski definition) is 3. The van der Waals surface area contributed by atoms with E-state index in [-0.39, 0.29) is 19.3 Å². The molecule has 3 rings (SSSR count). The molecule has 24 heavy (non-hydrogen) atoms. The van der Waals surface area contributed by atoms with Crippen LogP contribution >= 0.6 is 0 Å². The Kier molecular flexibility index (Phi) is 5.66. The summed E-state index contributed by atoms with van der Waals surface area (Å²) in [7, 11) is 0. The molecule has 2 aromatic heterocycles. The van der Waals surface area contributed by atoms with Gasteiger partial charge in [-0.25, -0.2) is 9.97 Å². The highest BCUT2D eigenvalue weighted by Crippen LogP contribution is 2.25. The third kappa shape index (κ3) is 4.04. The third-order valence-corrected chi connectivity index (χ3v) is 4.38. The summed E-state index contributed by atoms with van der Waals surface area (Å²) in [5.41, 5.74) is 0. The van der Waals surface area contributed by atoms with Crippen LogP contribution in [0.2, 0.25) is 0 Å². The van der Waals surface area contributed by atoms with Crippen molar-refractivity contribution in [1.82, 2.24) is 9.97 Å². The Morgan fingerprint density at radius 2 is 2.29 bits per heavy atom. The van der Waals surface area contributed by atoms with Crippen LogP contribution < -0.4 is 10.2 Å². The van der Waals surface area contributed by atoms with Crippen molar-refractivity contribution in [1.29, 1.82) is 0 Å². The van der Waals surface area contributed by atoms with Crippen molar-refractivity contribution in [3.05, 3.63) is 36.5 Å². The number of hydrogen-bond acceptors (Lipinski definition) is 7. The van der Waals surface area contributed by atoms with Gasteiger partial charge in [0.25, 0.3) is 0 Å². The molecule has 3 N–H and O–H groups in total. The van der Waals surface area contributed by atoms with Crippen molar-refractivity contribution >= 4 is 11.6 Å². The first-order chi connectivity index (χ1) is 11.8. The molecular weight excluding hydrogens is 308 g/mol. The molecule has 0 aliphatic carbocycles. The first-order valence-corrected chi connectivity index (χ1v) is 8.38.